The summed E-state index contributed by atoms with van der Waals surface area (Å²) in [4.78, 5) is 23.4. The summed E-state index contributed by atoms with van der Waals surface area (Å²) in [5, 5.41) is 0. The minimum atomic E-state index is -4.00. The van der Waals surface area contributed by atoms with Crippen molar-refractivity contribution in [2.45, 2.75) is 17.9 Å². The van der Waals surface area contributed by atoms with Crippen LogP contribution in [0.15, 0.2) is 35.2 Å². The second kappa shape index (κ2) is 7.75. The van der Waals surface area contributed by atoms with E-state index in [1.807, 2.05) is 4.72 Å². The van der Waals surface area contributed by atoms with Gasteiger partial charge in [0.1, 0.15) is 0 Å². The molecule has 1 aromatic heterocycles. The molecule has 0 saturated heterocycles. The van der Waals surface area contributed by atoms with E-state index in [4.69, 9.17) is 14.2 Å². The van der Waals surface area contributed by atoms with Crippen LogP contribution in [0.4, 0.5) is 0 Å². The van der Waals surface area contributed by atoms with Gasteiger partial charge in [0, 0.05) is 0 Å². The van der Waals surface area contributed by atoms with E-state index in [2.05, 4.69) is 15.0 Å². The zero-order valence-corrected chi connectivity index (χ0v) is 14.5. The van der Waals surface area contributed by atoms with Crippen molar-refractivity contribution in [1.82, 2.24) is 19.7 Å². The Morgan fingerprint density at radius 1 is 1.00 bits per heavy atom. The molecule has 0 radical (unpaired) electrons. The van der Waals surface area contributed by atoms with Crippen molar-refractivity contribution < 1.29 is 27.4 Å². The highest BCUT2D eigenvalue weighted by molar-refractivity contribution is 7.90. The molecule has 1 N–H and O–H groups in total. The Hall–Kier alpha value is -2.95. The Kier molecular flexibility index (Phi) is 5.70. The number of aromatic nitrogens is 3. The number of ether oxygens (including phenoxy) is 3. The fourth-order valence-corrected chi connectivity index (χ4v) is 2.71. The van der Waals surface area contributed by atoms with E-state index in [0.29, 0.717) is 0 Å². The number of carbonyl (C=O) groups excluding carboxylic acids is 1. The van der Waals surface area contributed by atoms with Crippen molar-refractivity contribution in [2.24, 2.45) is 0 Å². The average molecular weight is 368 g/mol. The lowest BCUT2D eigenvalue weighted by molar-refractivity contribution is -0.125. The lowest BCUT2D eigenvalue weighted by Crippen LogP contribution is -2.40. The second-order valence-electron chi connectivity index (χ2n) is 4.63. The van der Waals surface area contributed by atoms with Crippen molar-refractivity contribution in [2.75, 3.05) is 14.2 Å². The number of hydrogen-bond donors (Lipinski definition) is 1. The van der Waals surface area contributed by atoms with Gasteiger partial charge in [-0.3, -0.25) is 4.79 Å². The zero-order chi connectivity index (χ0) is 18.4. The summed E-state index contributed by atoms with van der Waals surface area (Å²) in [7, 11) is -1.34. The van der Waals surface area contributed by atoms with Crippen LogP contribution in [0.5, 0.6) is 18.0 Å². The standard InChI is InChI=1S/C14H16N4O6S/c1-9(24-14-16-12(22-2)15-13(17-14)23-3)11(19)18-25(20,21)10-7-5-4-6-8-10/h4-9H,1-3H3,(H,18,19). The van der Waals surface area contributed by atoms with Crippen molar-refractivity contribution in [3.8, 4) is 18.0 Å². The third kappa shape index (κ3) is 4.76. The van der Waals surface area contributed by atoms with Gasteiger partial charge in [0.15, 0.2) is 6.10 Å². The van der Waals surface area contributed by atoms with Crippen molar-refractivity contribution >= 4 is 15.9 Å². The molecule has 1 aromatic carbocycles. The molecule has 1 amide bonds. The number of rotatable bonds is 7. The van der Waals surface area contributed by atoms with Gasteiger partial charge in [-0.2, -0.15) is 0 Å². The van der Waals surface area contributed by atoms with Crippen LogP contribution in [0.1, 0.15) is 6.92 Å². The highest BCUT2D eigenvalue weighted by atomic mass is 32.2. The summed E-state index contributed by atoms with van der Waals surface area (Å²) in [6, 6.07) is 7.07. The summed E-state index contributed by atoms with van der Waals surface area (Å²) in [5.74, 6) is -0.887. The zero-order valence-electron chi connectivity index (χ0n) is 13.7. The summed E-state index contributed by atoms with van der Waals surface area (Å²) in [5.41, 5.74) is 0. The van der Waals surface area contributed by atoms with Gasteiger partial charge >= 0.3 is 18.0 Å². The number of sulfonamides is 1. The number of carbonyl (C=O) groups is 1. The summed E-state index contributed by atoms with van der Waals surface area (Å²) >= 11 is 0. The minimum Gasteiger partial charge on any atom is -0.467 e. The lowest BCUT2D eigenvalue weighted by atomic mass is 10.4. The molecule has 0 bridgehead atoms. The second-order valence-corrected chi connectivity index (χ2v) is 6.32. The molecular formula is C14H16N4O6S. The third-order valence-electron chi connectivity index (χ3n) is 2.88. The lowest BCUT2D eigenvalue weighted by Gasteiger charge is -2.14. The predicted octanol–water partition coefficient (Wildman–Crippen LogP) is 0.161. The smallest absolute Gasteiger partial charge is 0.326 e. The quantitative estimate of drug-likeness (QED) is 0.726. The highest BCUT2D eigenvalue weighted by Gasteiger charge is 2.24. The van der Waals surface area contributed by atoms with E-state index >= 15 is 0 Å². The number of hydrogen-bond acceptors (Lipinski definition) is 9. The summed E-state index contributed by atoms with van der Waals surface area (Å²) in [6.45, 7) is 1.35. The molecule has 0 aliphatic carbocycles. The van der Waals surface area contributed by atoms with E-state index in [1.165, 1.54) is 33.3 Å². The SMILES string of the molecule is COc1nc(OC)nc(OC(C)C(=O)NS(=O)(=O)c2ccccc2)n1. The maximum atomic E-state index is 12.1. The van der Waals surface area contributed by atoms with Crippen LogP contribution in [0.2, 0.25) is 0 Å². The van der Waals surface area contributed by atoms with E-state index in [-0.39, 0.29) is 22.9 Å². The van der Waals surface area contributed by atoms with Crippen LogP contribution in [0.3, 0.4) is 0 Å². The van der Waals surface area contributed by atoms with Gasteiger partial charge in [0.05, 0.1) is 19.1 Å². The van der Waals surface area contributed by atoms with Crippen LogP contribution in [0.25, 0.3) is 0 Å². The van der Waals surface area contributed by atoms with Crippen LogP contribution in [-0.2, 0) is 14.8 Å². The monoisotopic (exact) mass is 368 g/mol. The molecule has 0 aliphatic rings. The number of nitrogens with one attached hydrogen (secondary N) is 1. The van der Waals surface area contributed by atoms with E-state index in [9.17, 15) is 13.2 Å². The third-order valence-corrected chi connectivity index (χ3v) is 4.24. The van der Waals surface area contributed by atoms with Gasteiger partial charge in [-0.1, -0.05) is 18.2 Å². The van der Waals surface area contributed by atoms with Crippen molar-refractivity contribution in [3.05, 3.63) is 30.3 Å². The fourth-order valence-electron chi connectivity index (χ4n) is 1.64. The fraction of sp³-hybridized carbons (Fsp3) is 0.286. The molecule has 10 nitrogen and oxygen atoms in total. The van der Waals surface area contributed by atoms with E-state index in [1.54, 1.807) is 18.2 Å². The molecule has 2 rings (SSSR count). The Morgan fingerprint density at radius 3 is 2.04 bits per heavy atom. The normalized spacial score (nSPS) is 12.1. The molecule has 0 spiro atoms. The predicted molar refractivity (Wildman–Crippen MR) is 84.8 cm³/mol. The summed E-state index contributed by atoms with van der Waals surface area (Å²) < 4.78 is 41.2. The molecule has 2 aromatic rings. The van der Waals surface area contributed by atoms with E-state index < -0.39 is 22.0 Å². The molecule has 134 valence electrons. The topological polar surface area (TPSA) is 130 Å². The van der Waals surface area contributed by atoms with Gasteiger partial charge in [-0.15, -0.1) is 15.0 Å². The van der Waals surface area contributed by atoms with Crippen LogP contribution < -0.4 is 18.9 Å². The molecule has 0 aliphatic heterocycles. The average Bonchev–Trinajstić information content (AvgIpc) is 2.61. The van der Waals surface area contributed by atoms with E-state index in [0.717, 1.165) is 0 Å². The maximum absolute atomic E-state index is 12.1. The molecule has 25 heavy (non-hydrogen) atoms. The number of amides is 1. The minimum absolute atomic E-state index is 0.0425. The first-order chi connectivity index (χ1) is 11.9. The summed E-state index contributed by atoms with van der Waals surface area (Å²) in [6.07, 6.45) is -1.20. The van der Waals surface area contributed by atoms with Gasteiger partial charge in [0.25, 0.3) is 15.9 Å². The number of nitrogens with zero attached hydrogens (tertiary/aromatic N) is 3. The Labute approximate surface area is 144 Å². The number of methoxy groups -OCH3 is 2. The van der Waals surface area contributed by atoms with Gasteiger partial charge in [0.2, 0.25) is 0 Å². The van der Waals surface area contributed by atoms with Crippen molar-refractivity contribution in [1.29, 1.82) is 0 Å². The first-order valence-corrected chi connectivity index (χ1v) is 8.46. The molecule has 1 atom stereocenters. The molecule has 0 fully saturated rings. The Morgan fingerprint density at radius 2 is 1.52 bits per heavy atom. The van der Waals surface area contributed by atoms with Crippen molar-refractivity contribution in [3.63, 3.8) is 0 Å². The largest absolute Gasteiger partial charge is 0.467 e. The first-order valence-electron chi connectivity index (χ1n) is 6.98. The molecule has 0 saturated carbocycles. The molecule has 11 heteroatoms. The maximum Gasteiger partial charge on any atom is 0.326 e. The highest BCUT2D eigenvalue weighted by Crippen LogP contribution is 2.15. The number of benzene rings is 1. The van der Waals surface area contributed by atoms with Crippen LogP contribution in [-0.4, -0.2) is 49.6 Å². The Balaban J connectivity index is 2.10. The van der Waals surface area contributed by atoms with Gasteiger partial charge in [-0.05, 0) is 19.1 Å². The molecular weight excluding hydrogens is 352 g/mol. The van der Waals surface area contributed by atoms with Gasteiger partial charge < -0.3 is 14.2 Å². The first kappa shape index (κ1) is 18.4. The van der Waals surface area contributed by atoms with Crippen LogP contribution in [0, 0.1) is 0 Å². The molecule has 1 unspecified atom stereocenters. The van der Waals surface area contributed by atoms with Gasteiger partial charge in [-0.25, -0.2) is 13.1 Å². The van der Waals surface area contributed by atoms with Crippen LogP contribution >= 0.6 is 0 Å². The molecule has 1 heterocycles. The Bertz CT molecular complexity index is 821.